The molecule has 9 aromatic rings. The van der Waals surface area contributed by atoms with E-state index in [1.165, 1.54) is 24.3 Å². The van der Waals surface area contributed by atoms with Crippen LogP contribution in [0.2, 0.25) is 0 Å². The molecule has 0 amide bonds. The van der Waals surface area contributed by atoms with E-state index in [2.05, 4.69) is 77.9 Å². The van der Waals surface area contributed by atoms with Gasteiger partial charge in [0.1, 0.15) is 11.6 Å². The molecular weight excluding hydrogens is 1050 g/mol. The normalized spacial score (nSPS) is 15.5. The standard InChI is InChI=1S/C66H68N3O.Pt/c1-41-34-53(61(70)55(35-41)66(12,13)14)62-68-60-52(47-37-48(39-50(38-47)64(6,7)8)56-40-45(32-33-67-56)43-26-29-49(30-27-43)63(3,4)5)23-19-25-58(60)69(62)57-31-28-46(36-42(57)2)59-51(44-20-16-15-17-21-44)22-18-24-54(59)65(9,10)11;/h15-36,38-40,70H,1-14H3;/q-1;/i2D3,3D3,4D3,5D3;. The molecule has 0 aliphatic rings. The van der Waals surface area contributed by atoms with E-state index in [4.69, 9.17) is 22.3 Å². The number of aromatic nitrogens is 3. The van der Waals surface area contributed by atoms with Gasteiger partial charge in [0.15, 0.2) is 0 Å². The number of fused-ring (bicyclic) bond motifs is 1. The van der Waals surface area contributed by atoms with Crippen LogP contribution in [0, 0.1) is 19.8 Å². The number of hydrogen-bond acceptors (Lipinski definition) is 3. The zero-order chi connectivity index (χ0) is 60.1. The Morgan fingerprint density at radius 3 is 1.90 bits per heavy atom. The number of aryl methyl sites for hydroxylation is 2. The summed E-state index contributed by atoms with van der Waals surface area (Å²) in [4.78, 5) is 10.3. The second kappa shape index (κ2) is 19.0. The van der Waals surface area contributed by atoms with Crippen molar-refractivity contribution in [3.8, 4) is 78.6 Å². The zero-order valence-corrected chi connectivity index (χ0v) is 44.3. The molecule has 364 valence electrons. The number of para-hydroxylation sites is 1. The van der Waals surface area contributed by atoms with Crippen LogP contribution >= 0.6 is 0 Å². The van der Waals surface area contributed by atoms with E-state index in [9.17, 15) is 9.22 Å². The van der Waals surface area contributed by atoms with E-state index in [-0.39, 0.29) is 43.4 Å². The SMILES string of the molecule is [2H]C([2H])([2H])c1cc(-c2c(-c3ccccc3)cccc2C(C)(C)C)ccc1-n1c(-c2cc(C)cc(C(C)(C)C)c2O)nc2c(-c3[c-]c(-c4cc(-c5ccc(C(C([2H])([2H])[2H])(C([2H])([2H])[2H])C([2H])([2H])[2H])cc5)ccn4)cc(C(C)(C)C)c3)cccc21.[Pt]. The minimum atomic E-state index is -3.40. The van der Waals surface area contributed by atoms with Gasteiger partial charge < -0.3 is 5.11 Å². The minimum Gasteiger partial charge on any atom is -0.507 e. The van der Waals surface area contributed by atoms with Crippen LogP contribution in [0.4, 0.5) is 0 Å². The topological polar surface area (TPSA) is 50.9 Å². The monoisotopic (exact) mass is 1130 g/mol. The van der Waals surface area contributed by atoms with Gasteiger partial charge in [0, 0.05) is 55.0 Å². The van der Waals surface area contributed by atoms with Crippen molar-refractivity contribution in [2.45, 2.75) is 118 Å². The summed E-state index contributed by atoms with van der Waals surface area (Å²) in [5.41, 5.74) is 8.27. The molecule has 0 atom stereocenters. The van der Waals surface area contributed by atoms with Gasteiger partial charge >= 0.3 is 0 Å². The van der Waals surface area contributed by atoms with Crippen LogP contribution in [-0.4, -0.2) is 19.6 Å². The first-order valence-electron chi connectivity index (χ1n) is 29.8. The molecule has 0 bridgehead atoms. The number of phenols is 1. The van der Waals surface area contributed by atoms with Gasteiger partial charge in [-0.05, 0) is 121 Å². The van der Waals surface area contributed by atoms with Crippen molar-refractivity contribution in [1.29, 1.82) is 0 Å². The second-order valence-electron chi connectivity index (χ2n) is 21.7. The average molecular weight is 1130 g/mol. The first-order chi connectivity index (χ1) is 37.9. The van der Waals surface area contributed by atoms with Crippen LogP contribution in [0.15, 0.2) is 152 Å². The Bertz CT molecular complexity index is 3860. The van der Waals surface area contributed by atoms with E-state index < -0.39 is 43.7 Å². The maximum Gasteiger partial charge on any atom is 0.148 e. The Labute approximate surface area is 454 Å². The molecule has 9 rings (SSSR count). The maximum absolute atomic E-state index is 12.4. The molecule has 1 N–H and O–H groups in total. The van der Waals surface area contributed by atoms with Crippen LogP contribution in [-0.2, 0) is 42.7 Å². The van der Waals surface area contributed by atoms with Crippen molar-refractivity contribution >= 4 is 11.0 Å². The number of imidazole rings is 1. The number of phenolic OH excluding ortho intramolecular Hbond substituents is 1. The Balaban J connectivity index is 0.00000900. The van der Waals surface area contributed by atoms with Gasteiger partial charge in [-0.3, -0.25) is 9.55 Å². The van der Waals surface area contributed by atoms with Gasteiger partial charge in [0.25, 0.3) is 0 Å². The third-order valence-corrected chi connectivity index (χ3v) is 13.2. The molecule has 2 heterocycles. The predicted molar refractivity (Wildman–Crippen MR) is 296 cm³/mol. The number of rotatable bonds is 7. The quantitative estimate of drug-likeness (QED) is 0.162. The van der Waals surface area contributed by atoms with Crippen molar-refractivity contribution in [3.63, 3.8) is 0 Å². The molecule has 0 fully saturated rings. The Morgan fingerprint density at radius 1 is 0.549 bits per heavy atom. The Morgan fingerprint density at radius 2 is 1.23 bits per heavy atom. The molecule has 0 radical (unpaired) electrons. The smallest absolute Gasteiger partial charge is 0.148 e. The summed E-state index contributed by atoms with van der Waals surface area (Å²) in [6.45, 7) is 8.00. The molecule has 0 aliphatic heterocycles. The first-order valence-corrected chi connectivity index (χ1v) is 23.8. The fourth-order valence-electron chi connectivity index (χ4n) is 9.45. The number of aromatic hydroxyl groups is 1. The summed E-state index contributed by atoms with van der Waals surface area (Å²) in [6.07, 6.45) is 1.63. The Hall–Kier alpha value is -6.35. The van der Waals surface area contributed by atoms with Crippen molar-refractivity contribution in [2.75, 3.05) is 0 Å². The molecule has 4 nitrogen and oxygen atoms in total. The fraction of sp³-hybridized carbons (Fsp3) is 0.273. The van der Waals surface area contributed by atoms with E-state index in [0.717, 1.165) is 38.9 Å². The van der Waals surface area contributed by atoms with Crippen LogP contribution in [0.1, 0.15) is 133 Å². The fourth-order valence-corrected chi connectivity index (χ4v) is 9.45. The van der Waals surface area contributed by atoms with Gasteiger partial charge in [0.2, 0.25) is 0 Å². The number of benzene rings is 7. The number of hydrogen-bond donors (Lipinski definition) is 1. The van der Waals surface area contributed by atoms with Crippen molar-refractivity contribution in [3.05, 3.63) is 191 Å². The summed E-state index contributed by atoms with van der Waals surface area (Å²) >= 11 is 0. The van der Waals surface area contributed by atoms with Gasteiger partial charge in [0.05, 0.1) is 22.3 Å². The van der Waals surface area contributed by atoms with E-state index in [1.807, 2.05) is 111 Å². The number of nitrogens with zero attached hydrogens (tertiary/aromatic N) is 3. The van der Waals surface area contributed by atoms with Gasteiger partial charge in [-0.15, -0.1) is 29.3 Å². The first kappa shape index (κ1) is 37.4. The number of pyridine rings is 1. The molecule has 7 aromatic carbocycles. The summed E-state index contributed by atoms with van der Waals surface area (Å²) in [6, 6.07) is 48.5. The third-order valence-electron chi connectivity index (χ3n) is 13.2. The molecule has 0 saturated heterocycles. The summed E-state index contributed by atoms with van der Waals surface area (Å²) in [5.74, 6) is 0.374. The average Bonchev–Trinajstić information content (AvgIpc) is 1.49. The van der Waals surface area contributed by atoms with Crippen molar-refractivity contribution in [1.82, 2.24) is 14.5 Å². The van der Waals surface area contributed by atoms with E-state index in [1.54, 1.807) is 18.3 Å². The summed E-state index contributed by atoms with van der Waals surface area (Å²) in [5, 5.41) is 12.4. The summed E-state index contributed by atoms with van der Waals surface area (Å²) in [7, 11) is 0. The van der Waals surface area contributed by atoms with Crippen molar-refractivity contribution < 1.29 is 42.6 Å². The second-order valence-corrected chi connectivity index (χ2v) is 21.7. The van der Waals surface area contributed by atoms with Crippen LogP contribution < -0.4 is 0 Å². The molecule has 5 heteroatoms. The molecule has 71 heavy (non-hydrogen) atoms. The summed E-state index contributed by atoms with van der Waals surface area (Å²) < 4.78 is 104. The molecule has 0 spiro atoms. The van der Waals surface area contributed by atoms with Crippen LogP contribution in [0.3, 0.4) is 0 Å². The van der Waals surface area contributed by atoms with Crippen LogP contribution in [0.25, 0.3) is 83.9 Å². The van der Waals surface area contributed by atoms with Crippen LogP contribution in [0.5, 0.6) is 5.75 Å². The predicted octanol–water partition coefficient (Wildman–Crippen LogP) is 17.7. The minimum absolute atomic E-state index is 0. The molecule has 0 aliphatic carbocycles. The largest absolute Gasteiger partial charge is 0.507 e. The maximum atomic E-state index is 12.4. The third kappa shape index (κ3) is 10.1. The molecular formula is C66H68N3OPt-. The van der Waals surface area contributed by atoms with Crippen molar-refractivity contribution in [2.24, 2.45) is 0 Å². The molecule has 0 saturated carbocycles. The van der Waals surface area contributed by atoms with E-state index >= 15 is 0 Å². The van der Waals surface area contributed by atoms with Gasteiger partial charge in [-0.2, -0.15) is 0 Å². The Kier molecular flexibility index (Phi) is 10.0. The molecule has 0 unspecified atom stereocenters. The zero-order valence-electron chi connectivity index (χ0n) is 54.0. The van der Waals surface area contributed by atoms with Gasteiger partial charge in [-0.1, -0.05) is 197 Å². The van der Waals surface area contributed by atoms with Gasteiger partial charge in [-0.25, -0.2) is 4.98 Å². The van der Waals surface area contributed by atoms with E-state index in [0.29, 0.717) is 67.2 Å². The molecule has 2 aromatic heterocycles.